The fourth-order valence-electron chi connectivity index (χ4n) is 1.32. The predicted molar refractivity (Wildman–Crippen MR) is 69.1 cm³/mol. The molecule has 1 rings (SSSR count). The van der Waals surface area contributed by atoms with Gasteiger partial charge in [-0.15, -0.1) is 0 Å². The second-order valence-corrected chi connectivity index (χ2v) is 4.90. The highest BCUT2D eigenvalue weighted by Crippen LogP contribution is 2.18. The van der Waals surface area contributed by atoms with Crippen LogP contribution in [0.1, 0.15) is 32.4 Å². The monoisotopic (exact) mass is 255 g/mol. The Morgan fingerprint density at radius 1 is 1.47 bits per heavy atom. The van der Waals surface area contributed by atoms with Crippen molar-refractivity contribution in [2.24, 2.45) is 0 Å². The second-order valence-electron chi connectivity index (χ2n) is 4.46. The van der Waals surface area contributed by atoms with Gasteiger partial charge in [0.05, 0.1) is 6.04 Å². The first-order valence-electron chi connectivity index (χ1n) is 5.48. The largest absolute Gasteiger partial charge is 0.369 e. The number of rotatable bonds is 4. The first-order valence-corrected chi connectivity index (χ1v) is 5.86. The van der Waals surface area contributed by atoms with Gasteiger partial charge >= 0.3 is 0 Å². The molecule has 0 saturated heterocycles. The summed E-state index contributed by atoms with van der Waals surface area (Å²) in [7, 11) is 1.52. The summed E-state index contributed by atoms with van der Waals surface area (Å²) in [5, 5.41) is 3.55. The summed E-state index contributed by atoms with van der Waals surface area (Å²) in [4.78, 5) is 11.9. The Morgan fingerprint density at radius 3 is 2.65 bits per heavy atom. The molecule has 0 aliphatic heterocycles. The number of benzene rings is 1. The van der Waals surface area contributed by atoms with E-state index in [-0.39, 0.29) is 11.9 Å². The summed E-state index contributed by atoms with van der Waals surface area (Å²) in [5.74, 6) is -0.146. The van der Waals surface area contributed by atoms with Crippen molar-refractivity contribution < 1.29 is 9.53 Å². The number of ether oxygens (including phenoxy) is 1. The zero-order valence-electron chi connectivity index (χ0n) is 10.6. The van der Waals surface area contributed by atoms with Crippen LogP contribution in [0.3, 0.4) is 0 Å². The predicted octanol–water partition coefficient (Wildman–Crippen LogP) is 2.94. The highest BCUT2D eigenvalue weighted by Gasteiger charge is 2.28. The molecule has 0 radical (unpaired) electrons. The molecule has 0 aromatic heterocycles. The molecule has 0 aliphatic carbocycles. The molecule has 0 heterocycles. The second kappa shape index (κ2) is 5.52. The maximum atomic E-state index is 11.9. The fraction of sp³-hybridized carbons (Fsp3) is 0.462. The van der Waals surface area contributed by atoms with Crippen LogP contribution in [0.25, 0.3) is 0 Å². The van der Waals surface area contributed by atoms with E-state index >= 15 is 0 Å². The van der Waals surface area contributed by atoms with Crippen molar-refractivity contribution in [3.8, 4) is 0 Å². The van der Waals surface area contributed by atoms with Gasteiger partial charge in [0, 0.05) is 12.1 Å². The first kappa shape index (κ1) is 14.0. The number of hydrogen-bond donors (Lipinski definition) is 1. The average molecular weight is 256 g/mol. The Balaban J connectivity index is 2.73. The van der Waals surface area contributed by atoms with Crippen LogP contribution in [0.15, 0.2) is 24.3 Å². The Kier molecular flexibility index (Phi) is 4.54. The summed E-state index contributed by atoms with van der Waals surface area (Å²) < 4.78 is 5.12. The van der Waals surface area contributed by atoms with Crippen LogP contribution in [0.5, 0.6) is 0 Å². The van der Waals surface area contributed by atoms with E-state index in [9.17, 15) is 4.79 Å². The molecule has 0 bridgehead atoms. The Morgan fingerprint density at radius 2 is 2.12 bits per heavy atom. The van der Waals surface area contributed by atoms with Crippen LogP contribution >= 0.6 is 11.6 Å². The molecule has 17 heavy (non-hydrogen) atoms. The molecule has 1 amide bonds. The Bertz CT molecular complexity index is 404. The van der Waals surface area contributed by atoms with Crippen LogP contribution in [0.2, 0.25) is 5.02 Å². The van der Waals surface area contributed by atoms with Gasteiger partial charge in [-0.3, -0.25) is 4.79 Å². The number of carbonyl (C=O) groups excluding carboxylic acids is 1. The molecule has 0 aliphatic rings. The Hall–Kier alpha value is -1.06. The van der Waals surface area contributed by atoms with Gasteiger partial charge in [-0.05, 0) is 38.5 Å². The zero-order valence-corrected chi connectivity index (χ0v) is 11.3. The van der Waals surface area contributed by atoms with Crippen molar-refractivity contribution >= 4 is 17.5 Å². The summed E-state index contributed by atoms with van der Waals surface area (Å²) in [6, 6.07) is 7.33. The van der Waals surface area contributed by atoms with Crippen molar-refractivity contribution in [2.75, 3.05) is 7.11 Å². The van der Waals surface area contributed by atoms with Crippen LogP contribution in [-0.4, -0.2) is 18.6 Å². The third-order valence-electron chi connectivity index (χ3n) is 2.75. The quantitative estimate of drug-likeness (QED) is 0.898. The molecule has 3 nitrogen and oxygen atoms in total. The van der Waals surface area contributed by atoms with E-state index in [1.54, 1.807) is 19.9 Å². The highest BCUT2D eigenvalue weighted by molar-refractivity contribution is 6.30. The molecule has 0 fully saturated rings. The minimum atomic E-state index is -0.827. The maximum absolute atomic E-state index is 11.9. The van der Waals surface area contributed by atoms with E-state index in [4.69, 9.17) is 16.3 Å². The molecule has 0 saturated carbocycles. The third kappa shape index (κ3) is 3.72. The number of methoxy groups -OCH3 is 1. The fourth-order valence-corrected chi connectivity index (χ4v) is 1.52. The van der Waals surface area contributed by atoms with Gasteiger partial charge in [-0.2, -0.15) is 0 Å². The first-order chi connectivity index (χ1) is 7.86. The lowest BCUT2D eigenvalue weighted by Crippen LogP contribution is -2.44. The SMILES string of the molecule is COC(C)(C)C(=O)N[C@H](C)c1cccc(Cl)c1. The minimum absolute atomic E-state index is 0.101. The maximum Gasteiger partial charge on any atom is 0.252 e. The van der Waals surface area contributed by atoms with E-state index in [1.165, 1.54) is 7.11 Å². The van der Waals surface area contributed by atoms with E-state index in [0.29, 0.717) is 5.02 Å². The van der Waals surface area contributed by atoms with Crippen LogP contribution in [0, 0.1) is 0 Å². The van der Waals surface area contributed by atoms with Gasteiger partial charge in [0.25, 0.3) is 5.91 Å². The highest BCUT2D eigenvalue weighted by atomic mass is 35.5. The molecule has 1 aromatic carbocycles. The molecule has 0 unspecified atom stereocenters. The molecule has 4 heteroatoms. The zero-order chi connectivity index (χ0) is 13.1. The summed E-state index contributed by atoms with van der Waals surface area (Å²) in [5.41, 5.74) is 0.144. The lowest BCUT2D eigenvalue weighted by atomic mass is 10.1. The average Bonchev–Trinajstić information content (AvgIpc) is 2.28. The minimum Gasteiger partial charge on any atom is -0.369 e. The van der Waals surface area contributed by atoms with Crippen LogP contribution < -0.4 is 5.32 Å². The molecular formula is C13H18ClNO2. The van der Waals surface area contributed by atoms with Gasteiger partial charge in [0.1, 0.15) is 5.60 Å². The lowest BCUT2D eigenvalue weighted by Gasteiger charge is -2.24. The van der Waals surface area contributed by atoms with Crippen molar-refractivity contribution in [3.63, 3.8) is 0 Å². The normalized spacial score (nSPS) is 13.2. The molecule has 1 N–H and O–H groups in total. The van der Waals surface area contributed by atoms with E-state index in [2.05, 4.69) is 5.32 Å². The van der Waals surface area contributed by atoms with Gasteiger partial charge in [0.2, 0.25) is 0 Å². The van der Waals surface area contributed by atoms with Gasteiger partial charge < -0.3 is 10.1 Å². The number of halogens is 1. The van der Waals surface area contributed by atoms with Crippen molar-refractivity contribution in [1.29, 1.82) is 0 Å². The molecule has 94 valence electrons. The topological polar surface area (TPSA) is 38.3 Å². The molecular weight excluding hydrogens is 238 g/mol. The van der Waals surface area contributed by atoms with Crippen LogP contribution in [-0.2, 0) is 9.53 Å². The third-order valence-corrected chi connectivity index (χ3v) is 2.99. The summed E-state index contributed by atoms with van der Waals surface area (Å²) in [6.45, 7) is 5.37. The standard InChI is InChI=1S/C13H18ClNO2/c1-9(10-6-5-7-11(14)8-10)15-12(16)13(2,3)17-4/h5-9H,1-4H3,(H,15,16)/t9-/m1/s1. The number of carbonyl (C=O) groups is 1. The van der Waals surface area contributed by atoms with Crippen molar-refractivity contribution in [3.05, 3.63) is 34.9 Å². The van der Waals surface area contributed by atoms with Crippen molar-refractivity contribution in [2.45, 2.75) is 32.4 Å². The van der Waals surface area contributed by atoms with E-state index in [0.717, 1.165) is 5.56 Å². The summed E-state index contributed by atoms with van der Waals surface area (Å²) >= 11 is 5.91. The molecule has 0 spiro atoms. The van der Waals surface area contributed by atoms with E-state index < -0.39 is 5.60 Å². The molecule has 1 aromatic rings. The number of hydrogen-bond acceptors (Lipinski definition) is 2. The van der Waals surface area contributed by atoms with Crippen LogP contribution in [0.4, 0.5) is 0 Å². The van der Waals surface area contributed by atoms with Gasteiger partial charge in [0.15, 0.2) is 0 Å². The number of amides is 1. The number of nitrogens with one attached hydrogen (secondary N) is 1. The molecule has 1 atom stereocenters. The van der Waals surface area contributed by atoms with Gasteiger partial charge in [-0.25, -0.2) is 0 Å². The van der Waals surface area contributed by atoms with E-state index in [1.807, 2.05) is 25.1 Å². The lowest BCUT2D eigenvalue weighted by molar-refractivity contribution is -0.140. The van der Waals surface area contributed by atoms with Gasteiger partial charge in [-0.1, -0.05) is 23.7 Å². The smallest absolute Gasteiger partial charge is 0.252 e. The summed E-state index contributed by atoms with van der Waals surface area (Å²) in [6.07, 6.45) is 0. The Labute approximate surface area is 107 Å². The van der Waals surface area contributed by atoms with Crippen molar-refractivity contribution in [1.82, 2.24) is 5.32 Å².